The highest BCUT2D eigenvalue weighted by Crippen LogP contribution is 2.29. The second-order valence-corrected chi connectivity index (χ2v) is 5.32. The first-order valence-corrected chi connectivity index (χ1v) is 7.33. The van der Waals surface area contributed by atoms with E-state index in [9.17, 15) is 4.79 Å². The molecule has 1 heterocycles. The number of nitrogens with one attached hydrogen (secondary N) is 1. The fourth-order valence-corrected chi connectivity index (χ4v) is 2.27. The fourth-order valence-electron chi connectivity index (χ4n) is 2.15. The van der Waals surface area contributed by atoms with Gasteiger partial charge in [0.1, 0.15) is 11.5 Å². The molecule has 23 heavy (non-hydrogen) atoms. The Morgan fingerprint density at radius 3 is 2.70 bits per heavy atom. The Bertz CT molecular complexity index is 794. The van der Waals surface area contributed by atoms with Crippen LogP contribution in [-0.2, 0) is 4.79 Å². The number of ether oxygens (including phenoxy) is 2. The summed E-state index contributed by atoms with van der Waals surface area (Å²) in [4.78, 5) is 12.4. The number of rotatable bonds is 3. The maximum absolute atomic E-state index is 12.4. The van der Waals surface area contributed by atoms with Crippen molar-refractivity contribution in [3.8, 4) is 11.5 Å². The molecule has 0 aromatic heterocycles. The van der Waals surface area contributed by atoms with Crippen LogP contribution in [-0.4, -0.2) is 13.0 Å². The summed E-state index contributed by atoms with van der Waals surface area (Å²) in [6, 6.07) is 12.4. The molecule has 0 saturated carbocycles. The average molecular weight is 328 g/mol. The van der Waals surface area contributed by atoms with Gasteiger partial charge in [0.25, 0.3) is 5.91 Å². The first-order chi connectivity index (χ1) is 11.2. The summed E-state index contributed by atoms with van der Waals surface area (Å²) >= 11 is 5.84. The predicted molar refractivity (Wildman–Crippen MR) is 90.8 cm³/mol. The standard InChI is InChI=1S/C18H14ClNO3/c1-22-16-6-7-17-13(11-16)10-12(8-9-23-17)18(21)20-15-4-2-14(19)3-5-15/h2-11H,1H3,(H,20,21). The van der Waals surface area contributed by atoms with E-state index in [1.165, 1.54) is 6.26 Å². The van der Waals surface area contributed by atoms with Gasteiger partial charge in [-0.3, -0.25) is 4.79 Å². The Morgan fingerprint density at radius 2 is 1.96 bits per heavy atom. The third kappa shape index (κ3) is 3.55. The number of methoxy groups -OCH3 is 1. The number of benzene rings is 2. The van der Waals surface area contributed by atoms with Gasteiger partial charge < -0.3 is 14.8 Å². The lowest BCUT2D eigenvalue weighted by Gasteiger charge is -2.07. The van der Waals surface area contributed by atoms with Crippen molar-refractivity contribution in [3.63, 3.8) is 0 Å². The smallest absolute Gasteiger partial charge is 0.255 e. The van der Waals surface area contributed by atoms with Crippen LogP contribution in [0.1, 0.15) is 5.56 Å². The Morgan fingerprint density at radius 1 is 1.17 bits per heavy atom. The first kappa shape index (κ1) is 15.2. The average Bonchev–Trinajstić information content (AvgIpc) is 2.78. The van der Waals surface area contributed by atoms with Gasteiger partial charge in [-0.2, -0.15) is 0 Å². The monoisotopic (exact) mass is 327 g/mol. The Hall–Kier alpha value is -2.72. The predicted octanol–water partition coefficient (Wildman–Crippen LogP) is 4.28. The van der Waals surface area contributed by atoms with Crippen molar-refractivity contribution < 1.29 is 14.3 Å². The van der Waals surface area contributed by atoms with E-state index in [0.717, 1.165) is 5.56 Å². The molecule has 1 amide bonds. The molecule has 116 valence electrons. The Labute approximate surface area is 139 Å². The van der Waals surface area contributed by atoms with Gasteiger partial charge in [0, 0.05) is 21.8 Å². The molecular formula is C18H14ClNO3. The van der Waals surface area contributed by atoms with E-state index in [4.69, 9.17) is 21.1 Å². The summed E-state index contributed by atoms with van der Waals surface area (Å²) in [5, 5.41) is 3.44. The Kier molecular flexibility index (Phi) is 4.35. The van der Waals surface area contributed by atoms with Crippen LogP contribution in [0.5, 0.6) is 11.5 Å². The number of hydrogen-bond donors (Lipinski definition) is 1. The molecule has 0 bridgehead atoms. The molecule has 0 aliphatic carbocycles. The molecule has 2 aromatic carbocycles. The van der Waals surface area contributed by atoms with Gasteiger partial charge in [0.15, 0.2) is 0 Å². The number of carbonyl (C=O) groups is 1. The number of fused-ring (bicyclic) bond motifs is 1. The van der Waals surface area contributed by atoms with E-state index < -0.39 is 0 Å². The molecule has 5 heteroatoms. The topological polar surface area (TPSA) is 47.6 Å². The molecule has 0 spiro atoms. The number of halogens is 1. The summed E-state index contributed by atoms with van der Waals surface area (Å²) < 4.78 is 10.7. The van der Waals surface area contributed by atoms with E-state index in [-0.39, 0.29) is 5.91 Å². The minimum Gasteiger partial charge on any atom is -0.497 e. The molecule has 3 rings (SSSR count). The molecule has 4 nitrogen and oxygen atoms in total. The SMILES string of the molecule is COc1ccc2c(c1)C=C(C(=O)Nc1ccc(Cl)cc1)C=CO2. The van der Waals surface area contributed by atoms with E-state index in [1.54, 1.807) is 55.7 Å². The molecule has 2 aromatic rings. The Balaban J connectivity index is 1.86. The second kappa shape index (κ2) is 6.58. The fraction of sp³-hybridized carbons (Fsp3) is 0.0556. The van der Waals surface area contributed by atoms with Gasteiger partial charge in [-0.25, -0.2) is 0 Å². The van der Waals surface area contributed by atoms with E-state index in [1.807, 2.05) is 6.07 Å². The van der Waals surface area contributed by atoms with Gasteiger partial charge >= 0.3 is 0 Å². The first-order valence-electron chi connectivity index (χ1n) is 6.95. The van der Waals surface area contributed by atoms with Crippen molar-refractivity contribution in [2.24, 2.45) is 0 Å². The number of amides is 1. The normalized spacial score (nSPS) is 12.5. The lowest BCUT2D eigenvalue weighted by molar-refractivity contribution is -0.112. The molecule has 1 aliphatic heterocycles. The zero-order valence-electron chi connectivity index (χ0n) is 12.4. The zero-order valence-corrected chi connectivity index (χ0v) is 13.1. The number of hydrogen-bond acceptors (Lipinski definition) is 3. The molecule has 0 unspecified atom stereocenters. The molecule has 0 saturated heterocycles. The lowest BCUT2D eigenvalue weighted by atomic mass is 10.1. The van der Waals surface area contributed by atoms with Gasteiger partial charge in [0.05, 0.1) is 13.4 Å². The van der Waals surface area contributed by atoms with Crippen LogP contribution in [0, 0.1) is 0 Å². The molecule has 0 radical (unpaired) electrons. The molecular weight excluding hydrogens is 314 g/mol. The highest BCUT2D eigenvalue weighted by atomic mass is 35.5. The van der Waals surface area contributed by atoms with Crippen LogP contribution in [0.3, 0.4) is 0 Å². The van der Waals surface area contributed by atoms with Crippen LogP contribution < -0.4 is 14.8 Å². The maximum atomic E-state index is 12.4. The summed E-state index contributed by atoms with van der Waals surface area (Å²) in [7, 11) is 1.59. The minimum atomic E-state index is -0.233. The lowest BCUT2D eigenvalue weighted by Crippen LogP contribution is -2.12. The van der Waals surface area contributed by atoms with Crippen LogP contribution in [0.2, 0.25) is 5.02 Å². The van der Waals surface area contributed by atoms with Crippen molar-refractivity contribution >= 4 is 29.3 Å². The highest BCUT2D eigenvalue weighted by Gasteiger charge is 2.13. The summed E-state index contributed by atoms with van der Waals surface area (Å²) in [6.45, 7) is 0. The third-order valence-electron chi connectivity index (χ3n) is 3.33. The maximum Gasteiger partial charge on any atom is 0.255 e. The molecule has 1 N–H and O–H groups in total. The van der Waals surface area contributed by atoms with Gasteiger partial charge in [0.2, 0.25) is 0 Å². The van der Waals surface area contributed by atoms with Gasteiger partial charge in [-0.1, -0.05) is 11.6 Å². The van der Waals surface area contributed by atoms with Crippen molar-refractivity contribution in [3.05, 3.63) is 71.0 Å². The summed E-state index contributed by atoms with van der Waals surface area (Å²) in [5.41, 5.74) is 1.92. The highest BCUT2D eigenvalue weighted by molar-refractivity contribution is 6.30. The summed E-state index contributed by atoms with van der Waals surface area (Å²) in [5.74, 6) is 1.13. The summed E-state index contributed by atoms with van der Waals surface area (Å²) in [6.07, 6.45) is 4.87. The van der Waals surface area contributed by atoms with Gasteiger partial charge in [-0.15, -0.1) is 0 Å². The number of anilines is 1. The quantitative estimate of drug-likeness (QED) is 0.915. The second-order valence-electron chi connectivity index (χ2n) is 4.89. The van der Waals surface area contributed by atoms with E-state index >= 15 is 0 Å². The van der Waals surface area contributed by atoms with Crippen LogP contribution in [0.25, 0.3) is 6.08 Å². The molecule has 0 atom stereocenters. The molecule has 1 aliphatic rings. The van der Waals surface area contributed by atoms with Crippen molar-refractivity contribution in [2.45, 2.75) is 0 Å². The van der Waals surface area contributed by atoms with Crippen molar-refractivity contribution in [1.82, 2.24) is 0 Å². The number of carbonyl (C=O) groups excluding carboxylic acids is 1. The minimum absolute atomic E-state index is 0.233. The third-order valence-corrected chi connectivity index (χ3v) is 3.59. The van der Waals surface area contributed by atoms with E-state index in [2.05, 4.69) is 5.32 Å². The zero-order chi connectivity index (χ0) is 16.2. The molecule has 0 fully saturated rings. The van der Waals surface area contributed by atoms with Crippen LogP contribution in [0.4, 0.5) is 5.69 Å². The van der Waals surface area contributed by atoms with Crippen LogP contribution in [0.15, 0.2) is 60.4 Å². The van der Waals surface area contributed by atoms with Crippen molar-refractivity contribution in [1.29, 1.82) is 0 Å². The van der Waals surface area contributed by atoms with Crippen molar-refractivity contribution in [2.75, 3.05) is 12.4 Å². The van der Waals surface area contributed by atoms with E-state index in [0.29, 0.717) is 27.8 Å². The van der Waals surface area contributed by atoms with Crippen LogP contribution >= 0.6 is 11.6 Å². The van der Waals surface area contributed by atoms with Gasteiger partial charge in [-0.05, 0) is 54.6 Å². The largest absolute Gasteiger partial charge is 0.497 e.